The minimum atomic E-state index is -0.00679. The molecule has 1 aliphatic heterocycles. The van der Waals surface area contributed by atoms with Crippen molar-refractivity contribution < 1.29 is 14.3 Å². The SMILES string of the molecule is Cc1nn(-c2ccccc2)c(C)c1CC(=O)NCc1cccc(COC2CCOCC2)c1. The molecule has 0 atom stereocenters. The molecule has 4 rings (SSSR count). The van der Waals surface area contributed by atoms with Crippen LogP contribution >= 0.6 is 0 Å². The zero-order valence-corrected chi connectivity index (χ0v) is 18.8. The molecule has 6 heteroatoms. The second kappa shape index (κ2) is 10.6. The van der Waals surface area contributed by atoms with Gasteiger partial charge in [-0.25, -0.2) is 4.68 Å². The van der Waals surface area contributed by atoms with Crippen molar-refractivity contribution in [1.29, 1.82) is 0 Å². The molecule has 2 aromatic carbocycles. The van der Waals surface area contributed by atoms with E-state index < -0.39 is 0 Å². The van der Waals surface area contributed by atoms with Gasteiger partial charge < -0.3 is 14.8 Å². The van der Waals surface area contributed by atoms with Crippen LogP contribution in [0.15, 0.2) is 54.6 Å². The largest absolute Gasteiger partial charge is 0.381 e. The summed E-state index contributed by atoms with van der Waals surface area (Å²) >= 11 is 0. The predicted molar refractivity (Wildman–Crippen MR) is 124 cm³/mol. The van der Waals surface area contributed by atoms with E-state index >= 15 is 0 Å². The molecule has 1 aromatic heterocycles. The van der Waals surface area contributed by atoms with Crippen molar-refractivity contribution in [2.75, 3.05) is 13.2 Å². The fraction of sp³-hybridized carbons (Fsp3) is 0.385. The predicted octanol–water partition coefficient (Wildman–Crippen LogP) is 4.04. The first kappa shape index (κ1) is 22.2. The van der Waals surface area contributed by atoms with Gasteiger partial charge in [-0.05, 0) is 49.9 Å². The minimum Gasteiger partial charge on any atom is -0.381 e. The Morgan fingerprint density at radius 3 is 2.62 bits per heavy atom. The molecule has 6 nitrogen and oxygen atoms in total. The standard InChI is InChI=1S/C26H31N3O3/c1-19-25(20(2)29(28-19)23-9-4-3-5-10-23)16-26(30)27-17-21-7-6-8-22(15-21)18-32-24-11-13-31-14-12-24/h3-10,15,24H,11-14,16-18H2,1-2H3,(H,27,30). The lowest BCUT2D eigenvalue weighted by Gasteiger charge is -2.22. The molecular weight excluding hydrogens is 402 g/mol. The zero-order chi connectivity index (χ0) is 22.3. The number of amides is 1. The van der Waals surface area contributed by atoms with Crippen molar-refractivity contribution in [3.05, 3.63) is 82.7 Å². The highest BCUT2D eigenvalue weighted by molar-refractivity contribution is 5.79. The smallest absolute Gasteiger partial charge is 0.224 e. The van der Waals surface area contributed by atoms with Crippen LogP contribution in [0.2, 0.25) is 0 Å². The van der Waals surface area contributed by atoms with E-state index in [0.29, 0.717) is 19.6 Å². The van der Waals surface area contributed by atoms with E-state index in [-0.39, 0.29) is 12.0 Å². The Kier molecular flexibility index (Phi) is 7.35. The second-order valence-electron chi connectivity index (χ2n) is 8.29. The Morgan fingerprint density at radius 1 is 1.09 bits per heavy atom. The van der Waals surface area contributed by atoms with Gasteiger partial charge in [-0.3, -0.25) is 4.79 Å². The molecule has 1 N–H and O–H groups in total. The second-order valence-corrected chi connectivity index (χ2v) is 8.29. The van der Waals surface area contributed by atoms with Crippen LogP contribution in [0.3, 0.4) is 0 Å². The molecule has 0 saturated carbocycles. The summed E-state index contributed by atoms with van der Waals surface area (Å²) < 4.78 is 13.3. The summed E-state index contributed by atoms with van der Waals surface area (Å²) in [5.41, 5.74) is 6.05. The van der Waals surface area contributed by atoms with Gasteiger partial charge >= 0.3 is 0 Å². The lowest BCUT2D eigenvalue weighted by molar-refractivity contribution is -0.120. The number of hydrogen-bond acceptors (Lipinski definition) is 4. The van der Waals surface area contributed by atoms with Crippen LogP contribution in [0.4, 0.5) is 0 Å². The van der Waals surface area contributed by atoms with Crippen LogP contribution in [0.5, 0.6) is 0 Å². The van der Waals surface area contributed by atoms with Gasteiger partial charge in [-0.15, -0.1) is 0 Å². The van der Waals surface area contributed by atoms with Gasteiger partial charge in [0.1, 0.15) is 0 Å². The molecule has 0 spiro atoms. The molecule has 1 saturated heterocycles. The summed E-state index contributed by atoms with van der Waals surface area (Å²) in [7, 11) is 0. The Labute approximate surface area is 189 Å². The van der Waals surface area contributed by atoms with E-state index in [1.54, 1.807) is 0 Å². The quantitative estimate of drug-likeness (QED) is 0.582. The molecule has 3 aromatic rings. The summed E-state index contributed by atoms with van der Waals surface area (Å²) in [5, 5.41) is 7.69. The van der Waals surface area contributed by atoms with E-state index in [9.17, 15) is 4.79 Å². The topological polar surface area (TPSA) is 65.4 Å². The third kappa shape index (κ3) is 5.64. The number of ether oxygens (including phenoxy) is 2. The van der Waals surface area contributed by atoms with Crippen LogP contribution in [-0.2, 0) is 33.8 Å². The van der Waals surface area contributed by atoms with Crippen LogP contribution < -0.4 is 5.32 Å². The Morgan fingerprint density at radius 2 is 1.84 bits per heavy atom. The summed E-state index contributed by atoms with van der Waals surface area (Å²) in [5.74, 6) is -0.00679. The van der Waals surface area contributed by atoms with Gasteiger partial charge in [0.25, 0.3) is 0 Å². The number of hydrogen-bond donors (Lipinski definition) is 1. The highest BCUT2D eigenvalue weighted by Gasteiger charge is 2.16. The Balaban J connectivity index is 1.32. The molecule has 0 unspecified atom stereocenters. The number of aryl methyl sites for hydroxylation is 1. The van der Waals surface area contributed by atoms with Gasteiger partial charge in [0.2, 0.25) is 5.91 Å². The first-order chi connectivity index (χ1) is 15.6. The third-order valence-corrected chi connectivity index (χ3v) is 5.91. The fourth-order valence-corrected chi connectivity index (χ4v) is 4.06. The van der Waals surface area contributed by atoms with Gasteiger partial charge in [-0.1, -0.05) is 42.5 Å². The highest BCUT2D eigenvalue weighted by atomic mass is 16.5. The molecule has 1 aliphatic rings. The van der Waals surface area contributed by atoms with Crippen LogP contribution in [0.1, 0.15) is 40.9 Å². The first-order valence-corrected chi connectivity index (χ1v) is 11.2. The Hall–Kier alpha value is -2.96. The lowest BCUT2D eigenvalue weighted by atomic mass is 10.1. The minimum absolute atomic E-state index is 0.00679. The molecule has 0 aliphatic carbocycles. The van der Waals surface area contributed by atoms with E-state index in [0.717, 1.165) is 59.8 Å². The van der Waals surface area contributed by atoms with Crippen molar-refractivity contribution in [3.63, 3.8) is 0 Å². The van der Waals surface area contributed by atoms with Crippen LogP contribution in [0, 0.1) is 13.8 Å². The number of nitrogens with zero attached hydrogens (tertiary/aromatic N) is 2. The average molecular weight is 434 g/mol. The maximum Gasteiger partial charge on any atom is 0.224 e. The molecule has 32 heavy (non-hydrogen) atoms. The van der Waals surface area contributed by atoms with E-state index in [1.807, 2.05) is 61.0 Å². The maximum absolute atomic E-state index is 12.7. The van der Waals surface area contributed by atoms with E-state index in [2.05, 4.69) is 22.5 Å². The Bertz CT molecular complexity index is 1040. The number of aromatic nitrogens is 2. The normalized spacial score (nSPS) is 14.4. The van der Waals surface area contributed by atoms with Crippen molar-refractivity contribution >= 4 is 5.91 Å². The number of carbonyl (C=O) groups is 1. The van der Waals surface area contributed by atoms with Crippen LogP contribution in [0.25, 0.3) is 5.69 Å². The first-order valence-electron chi connectivity index (χ1n) is 11.2. The summed E-state index contributed by atoms with van der Waals surface area (Å²) in [6.45, 7) is 6.60. The monoisotopic (exact) mass is 433 g/mol. The average Bonchev–Trinajstić information content (AvgIpc) is 3.11. The molecule has 0 bridgehead atoms. The van der Waals surface area contributed by atoms with Crippen LogP contribution in [-0.4, -0.2) is 35.0 Å². The highest BCUT2D eigenvalue weighted by Crippen LogP contribution is 2.19. The maximum atomic E-state index is 12.7. The molecule has 0 radical (unpaired) electrons. The van der Waals surface area contributed by atoms with Crippen molar-refractivity contribution in [2.24, 2.45) is 0 Å². The van der Waals surface area contributed by atoms with E-state index in [4.69, 9.17) is 9.47 Å². The fourth-order valence-electron chi connectivity index (χ4n) is 4.06. The number of nitrogens with one attached hydrogen (secondary N) is 1. The van der Waals surface area contributed by atoms with E-state index in [1.165, 1.54) is 0 Å². The molecular formula is C26H31N3O3. The molecule has 2 heterocycles. The van der Waals surface area contributed by atoms with Crippen molar-refractivity contribution in [2.45, 2.75) is 52.4 Å². The van der Waals surface area contributed by atoms with Crippen molar-refractivity contribution in [3.8, 4) is 5.69 Å². The number of benzene rings is 2. The zero-order valence-electron chi connectivity index (χ0n) is 18.8. The summed E-state index contributed by atoms with van der Waals surface area (Å²) in [4.78, 5) is 12.7. The lowest BCUT2D eigenvalue weighted by Crippen LogP contribution is -2.25. The number of rotatable bonds is 8. The third-order valence-electron chi connectivity index (χ3n) is 5.91. The molecule has 168 valence electrons. The molecule has 1 fully saturated rings. The summed E-state index contributed by atoms with van der Waals surface area (Å²) in [6.07, 6.45) is 2.50. The number of carbonyl (C=O) groups excluding carboxylic acids is 1. The number of para-hydroxylation sites is 1. The van der Waals surface area contributed by atoms with Gasteiger partial charge in [0.05, 0.1) is 30.5 Å². The summed E-state index contributed by atoms with van der Waals surface area (Å²) in [6, 6.07) is 18.2. The van der Waals surface area contributed by atoms with Gasteiger partial charge in [0.15, 0.2) is 0 Å². The van der Waals surface area contributed by atoms with Crippen molar-refractivity contribution in [1.82, 2.24) is 15.1 Å². The molecule has 1 amide bonds. The van der Waals surface area contributed by atoms with Gasteiger partial charge in [0, 0.05) is 31.0 Å². The van der Waals surface area contributed by atoms with Gasteiger partial charge in [-0.2, -0.15) is 5.10 Å².